The lowest BCUT2D eigenvalue weighted by Crippen LogP contribution is -2.26. The molecule has 2 N–H and O–H groups in total. The first kappa shape index (κ1) is 13.1. The van der Waals surface area contributed by atoms with Crippen molar-refractivity contribution >= 4 is 10.0 Å². The summed E-state index contributed by atoms with van der Waals surface area (Å²) in [5.41, 5.74) is 2.21. The third-order valence-corrected chi connectivity index (χ3v) is 5.21. The molecule has 19 heavy (non-hydrogen) atoms. The summed E-state index contributed by atoms with van der Waals surface area (Å²) < 4.78 is 27.1. The maximum Gasteiger partial charge on any atom is 0.240 e. The Morgan fingerprint density at radius 2 is 1.84 bits per heavy atom. The second-order valence-corrected chi connectivity index (χ2v) is 7.35. The molecule has 0 atom stereocenters. The fourth-order valence-corrected chi connectivity index (χ4v) is 3.39. The van der Waals surface area contributed by atoms with Crippen molar-refractivity contribution in [3.8, 4) is 0 Å². The number of hydrogen-bond acceptors (Lipinski definition) is 3. The van der Waals surface area contributed by atoms with Crippen LogP contribution in [0.4, 0.5) is 0 Å². The van der Waals surface area contributed by atoms with Gasteiger partial charge in [-0.3, -0.25) is 0 Å². The van der Waals surface area contributed by atoms with Crippen LogP contribution in [0.15, 0.2) is 23.1 Å². The molecule has 0 spiro atoms. The first-order valence-corrected chi connectivity index (χ1v) is 8.38. The maximum atomic E-state index is 12.2. The van der Waals surface area contributed by atoms with E-state index in [1.165, 1.54) is 12.8 Å². The second-order valence-electron chi connectivity index (χ2n) is 5.64. The standard InChI is InChI=1S/C14H20N2O2S/c1-10-2-7-14(19(17,18)16-13-5-6-13)8-11(10)9-15-12-3-4-12/h2,7-8,12-13,15-16H,3-6,9H2,1H3. The molecular weight excluding hydrogens is 260 g/mol. The fraction of sp³-hybridized carbons (Fsp3) is 0.571. The quantitative estimate of drug-likeness (QED) is 0.833. The van der Waals surface area contributed by atoms with Crippen LogP contribution < -0.4 is 10.0 Å². The Kier molecular flexibility index (Phi) is 3.37. The van der Waals surface area contributed by atoms with Crippen LogP contribution in [0.1, 0.15) is 36.8 Å². The molecule has 1 aromatic carbocycles. The normalized spacial score (nSPS) is 19.6. The van der Waals surface area contributed by atoms with Gasteiger partial charge in [-0.05, 0) is 55.9 Å². The van der Waals surface area contributed by atoms with Gasteiger partial charge in [0.2, 0.25) is 10.0 Å². The van der Waals surface area contributed by atoms with E-state index >= 15 is 0 Å². The van der Waals surface area contributed by atoms with Crippen molar-refractivity contribution in [2.45, 2.75) is 56.1 Å². The Labute approximate surface area is 114 Å². The molecule has 2 aliphatic rings. The summed E-state index contributed by atoms with van der Waals surface area (Å²) in [7, 11) is -3.34. The Balaban J connectivity index is 1.78. The lowest BCUT2D eigenvalue weighted by molar-refractivity contribution is 0.580. The number of benzene rings is 1. The topological polar surface area (TPSA) is 58.2 Å². The predicted molar refractivity (Wildman–Crippen MR) is 74.4 cm³/mol. The summed E-state index contributed by atoms with van der Waals surface area (Å²) in [5.74, 6) is 0. The van der Waals surface area contributed by atoms with Gasteiger partial charge in [-0.25, -0.2) is 13.1 Å². The molecular formula is C14H20N2O2S. The van der Waals surface area contributed by atoms with Crippen LogP contribution in [0.2, 0.25) is 0 Å². The highest BCUT2D eigenvalue weighted by molar-refractivity contribution is 7.89. The van der Waals surface area contributed by atoms with Gasteiger partial charge in [0.05, 0.1) is 4.90 Å². The van der Waals surface area contributed by atoms with Crippen molar-refractivity contribution in [3.05, 3.63) is 29.3 Å². The SMILES string of the molecule is Cc1ccc(S(=O)(=O)NC2CC2)cc1CNC1CC1. The van der Waals surface area contributed by atoms with E-state index in [0.29, 0.717) is 10.9 Å². The van der Waals surface area contributed by atoms with Crippen molar-refractivity contribution in [2.75, 3.05) is 0 Å². The summed E-state index contributed by atoms with van der Waals surface area (Å²) in [6.07, 6.45) is 4.39. The third kappa shape index (κ3) is 3.35. The third-order valence-electron chi connectivity index (χ3n) is 3.69. The van der Waals surface area contributed by atoms with E-state index in [4.69, 9.17) is 0 Å². The molecule has 5 heteroatoms. The molecule has 2 saturated carbocycles. The van der Waals surface area contributed by atoms with E-state index in [9.17, 15) is 8.42 Å². The largest absolute Gasteiger partial charge is 0.310 e. The highest BCUT2D eigenvalue weighted by Gasteiger charge is 2.28. The molecule has 2 aliphatic carbocycles. The van der Waals surface area contributed by atoms with E-state index in [1.54, 1.807) is 12.1 Å². The number of hydrogen-bond donors (Lipinski definition) is 2. The van der Waals surface area contributed by atoms with Crippen LogP contribution in [0.5, 0.6) is 0 Å². The molecule has 0 saturated heterocycles. The summed E-state index contributed by atoms with van der Waals surface area (Å²) in [6.45, 7) is 2.78. The van der Waals surface area contributed by atoms with Gasteiger partial charge >= 0.3 is 0 Å². The van der Waals surface area contributed by atoms with Crippen LogP contribution >= 0.6 is 0 Å². The molecule has 3 rings (SSSR count). The highest BCUT2D eigenvalue weighted by atomic mass is 32.2. The van der Waals surface area contributed by atoms with Gasteiger partial charge in [0.15, 0.2) is 0 Å². The molecule has 104 valence electrons. The number of nitrogens with one attached hydrogen (secondary N) is 2. The van der Waals surface area contributed by atoms with Gasteiger partial charge in [-0.2, -0.15) is 0 Å². The van der Waals surface area contributed by atoms with Gasteiger partial charge in [-0.15, -0.1) is 0 Å². The zero-order valence-electron chi connectivity index (χ0n) is 11.1. The second kappa shape index (κ2) is 4.89. The molecule has 2 fully saturated rings. The van der Waals surface area contributed by atoms with E-state index in [0.717, 1.165) is 30.5 Å². The van der Waals surface area contributed by atoms with E-state index in [2.05, 4.69) is 10.0 Å². The summed E-state index contributed by atoms with van der Waals surface area (Å²) in [5, 5.41) is 3.43. The van der Waals surface area contributed by atoms with Gasteiger partial charge in [0.25, 0.3) is 0 Å². The minimum Gasteiger partial charge on any atom is -0.310 e. The summed E-state index contributed by atoms with van der Waals surface area (Å²) in [6, 6.07) is 6.17. The Morgan fingerprint density at radius 3 is 2.47 bits per heavy atom. The van der Waals surface area contributed by atoms with Crippen LogP contribution in [0.25, 0.3) is 0 Å². The Morgan fingerprint density at radius 1 is 1.16 bits per heavy atom. The predicted octanol–water partition coefficient (Wildman–Crippen LogP) is 1.69. The number of aryl methyl sites for hydroxylation is 1. The average Bonchev–Trinajstić information content (AvgIpc) is 3.22. The van der Waals surface area contributed by atoms with Crippen LogP contribution in [-0.2, 0) is 16.6 Å². The molecule has 0 radical (unpaired) electrons. The first-order valence-electron chi connectivity index (χ1n) is 6.90. The molecule has 0 aromatic heterocycles. The van der Waals surface area contributed by atoms with Crippen LogP contribution in [0.3, 0.4) is 0 Å². The summed E-state index contributed by atoms with van der Waals surface area (Å²) >= 11 is 0. The average molecular weight is 280 g/mol. The molecule has 1 aromatic rings. The summed E-state index contributed by atoms with van der Waals surface area (Å²) in [4.78, 5) is 0.387. The van der Waals surface area contributed by atoms with Crippen molar-refractivity contribution < 1.29 is 8.42 Å². The molecule has 0 heterocycles. The monoisotopic (exact) mass is 280 g/mol. The van der Waals surface area contributed by atoms with Crippen molar-refractivity contribution in [1.82, 2.24) is 10.0 Å². The van der Waals surface area contributed by atoms with Crippen molar-refractivity contribution in [1.29, 1.82) is 0 Å². The number of rotatable bonds is 6. The van der Waals surface area contributed by atoms with Gasteiger partial charge < -0.3 is 5.32 Å². The molecule has 0 unspecified atom stereocenters. The Bertz CT molecular complexity index is 575. The minimum atomic E-state index is -3.34. The maximum absolute atomic E-state index is 12.2. The number of sulfonamides is 1. The zero-order chi connectivity index (χ0) is 13.5. The molecule has 4 nitrogen and oxygen atoms in total. The van der Waals surface area contributed by atoms with E-state index in [1.807, 2.05) is 13.0 Å². The van der Waals surface area contributed by atoms with Crippen LogP contribution in [0, 0.1) is 6.92 Å². The Hall–Kier alpha value is -0.910. The smallest absolute Gasteiger partial charge is 0.240 e. The van der Waals surface area contributed by atoms with Gasteiger partial charge in [0.1, 0.15) is 0 Å². The molecule has 0 aliphatic heterocycles. The zero-order valence-corrected chi connectivity index (χ0v) is 12.0. The lowest BCUT2D eigenvalue weighted by atomic mass is 10.1. The molecule has 0 bridgehead atoms. The molecule has 0 amide bonds. The van der Waals surface area contributed by atoms with E-state index < -0.39 is 10.0 Å². The van der Waals surface area contributed by atoms with Crippen molar-refractivity contribution in [3.63, 3.8) is 0 Å². The van der Waals surface area contributed by atoms with Crippen LogP contribution in [-0.4, -0.2) is 20.5 Å². The van der Waals surface area contributed by atoms with Gasteiger partial charge in [0, 0.05) is 18.6 Å². The first-order chi connectivity index (χ1) is 9.04. The van der Waals surface area contributed by atoms with Crippen molar-refractivity contribution in [2.24, 2.45) is 0 Å². The van der Waals surface area contributed by atoms with Gasteiger partial charge in [-0.1, -0.05) is 6.07 Å². The fourth-order valence-electron chi connectivity index (χ4n) is 2.04. The highest BCUT2D eigenvalue weighted by Crippen LogP contribution is 2.24. The lowest BCUT2D eigenvalue weighted by Gasteiger charge is -2.11. The minimum absolute atomic E-state index is 0.152. The van der Waals surface area contributed by atoms with E-state index in [-0.39, 0.29) is 6.04 Å².